The maximum atomic E-state index is 12.0. The number of nitrogens with zero attached hydrogens (tertiary/aromatic N) is 2. The van der Waals surface area contributed by atoms with Crippen molar-refractivity contribution in [3.8, 4) is 0 Å². The molecule has 90 valence electrons. The summed E-state index contributed by atoms with van der Waals surface area (Å²) in [6.07, 6.45) is 0. The van der Waals surface area contributed by atoms with Crippen LogP contribution < -0.4 is 10.5 Å². The lowest BCUT2D eigenvalue weighted by atomic mass is 10.2. The van der Waals surface area contributed by atoms with E-state index in [1.165, 1.54) is 6.07 Å². The molecule has 0 bridgehead atoms. The minimum atomic E-state index is -3.68. The summed E-state index contributed by atoms with van der Waals surface area (Å²) < 4.78 is 26.2. The van der Waals surface area contributed by atoms with Gasteiger partial charge in [0.15, 0.2) is 0 Å². The van der Waals surface area contributed by atoms with Gasteiger partial charge in [-0.25, -0.2) is 18.2 Å². The number of H-pyrrole nitrogens is 1. The maximum absolute atomic E-state index is 12.0. The van der Waals surface area contributed by atoms with Gasteiger partial charge in [-0.1, -0.05) is 18.2 Å². The predicted molar refractivity (Wildman–Crippen MR) is 62.8 cm³/mol. The number of benzene rings is 1. The molecule has 0 atom stereocenters. The van der Waals surface area contributed by atoms with Gasteiger partial charge < -0.3 is 5.73 Å². The van der Waals surface area contributed by atoms with Crippen LogP contribution in [0.2, 0.25) is 0 Å². The molecule has 1 aromatic carbocycles. The molecule has 0 aliphatic rings. The van der Waals surface area contributed by atoms with Crippen LogP contribution in [0.5, 0.6) is 0 Å². The van der Waals surface area contributed by atoms with Crippen LogP contribution in [-0.4, -0.2) is 23.6 Å². The van der Waals surface area contributed by atoms with Crippen molar-refractivity contribution < 1.29 is 8.42 Å². The van der Waals surface area contributed by atoms with E-state index in [1.54, 1.807) is 25.1 Å². The molecular weight excluding hydrogens is 242 g/mol. The molecule has 0 aliphatic heterocycles. The fraction of sp³-hybridized carbons (Fsp3) is 0.111. The van der Waals surface area contributed by atoms with Gasteiger partial charge in [-0.05, 0) is 18.6 Å². The summed E-state index contributed by atoms with van der Waals surface area (Å²) in [6.45, 7) is 1.71. The number of aryl methyl sites for hydroxylation is 1. The third-order valence-electron chi connectivity index (χ3n) is 2.11. The molecule has 0 saturated carbocycles. The highest BCUT2D eigenvalue weighted by atomic mass is 32.2. The van der Waals surface area contributed by atoms with Crippen molar-refractivity contribution in [2.24, 2.45) is 0 Å². The number of aromatic nitrogens is 3. The Morgan fingerprint density at radius 3 is 2.65 bits per heavy atom. The quantitative estimate of drug-likeness (QED) is 0.736. The highest BCUT2D eigenvalue weighted by Gasteiger charge is 2.18. The number of anilines is 2. The van der Waals surface area contributed by atoms with Gasteiger partial charge >= 0.3 is 0 Å². The van der Waals surface area contributed by atoms with E-state index < -0.39 is 10.0 Å². The molecule has 0 fully saturated rings. The molecule has 17 heavy (non-hydrogen) atoms. The van der Waals surface area contributed by atoms with Crippen LogP contribution in [0.4, 0.5) is 11.9 Å². The van der Waals surface area contributed by atoms with Crippen molar-refractivity contribution >= 4 is 21.9 Å². The highest BCUT2D eigenvalue weighted by molar-refractivity contribution is 7.92. The second-order valence-electron chi connectivity index (χ2n) is 3.42. The molecule has 0 radical (unpaired) electrons. The van der Waals surface area contributed by atoms with Crippen LogP contribution >= 0.6 is 0 Å². The molecule has 0 saturated heterocycles. The second-order valence-corrected chi connectivity index (χ2v) is 5.07. The van der Waals surface area contributed by atoms with Gasteiger partial charge in [-0.15, -0.1) is 5.10 Å². The first-order valence-electron chi connectivity index (χ1n) is 4.75. The first-order valence-corrected chi connectivity index (χ1v) is 6.24. The third kappa shape index (κ3) is 2.36. The Hall–Kier alpha value is -2.09. The fourth-order valence-electron chi connectivity index (χ4n) is 1.35. The summed E-state index contributed by atoms with van der Waals surface area (Å²) in [5.74, 6) is -0.0294. The number of hydrogen-bond donors (Lipinski definition) is 3. The molecule has 2 rings (SSSR count). The van der Waals surface area contributed by atoms with Gasteiger partial charge in [0.1, 0.15) is 0 Å². The van der Waals surface area contributed by atoms with Crippen LogP contribution in [0, 0.1) is 6.92 Å². The number of aromatic amines is 1. The van der Waals surface area contributed by atoms with E-state index in [4.69, 9.17) is 5.73 Å². The monoisotopic (exact) mass is 253 g/mol. The Labute approximate surface area is 98.1 Å². The van der Waals surface area contributed by atoms with Gasteiger partial charge in [0.05, 0.1) is 4.90 Å². The molecule has 0 aliphatic carbocycles. The highest BCUT2D eigenvalue weighted by Crippen LogP contribution is 2.16. The number of hydrogen-bond acceptors (Lipinski definition) is 5. The third-order valence-corrected chi connectivity index (χ3v) is 3.60. The number of rotatable bonds is 3. The smallest absolute Gasteiger partial charge is 0.264 e. The van der Waals surface area contributed by atoms with E-state index in [0.29, 0.717) is 5.56 Å². The fourth-order valence-corrected chi connectivity index (χ4v) is 2.54. The largest absolute Gasteiger partial charge is 0.368 e. The van der Waals surface area contributed by atoms with Gasteiger partial charge in [0.25, 0.3) is 16.0 Å². The molecule has 7 nitrogen and oxygen atoms in total. The van der Waals surface area contributed by atoms with E-state index >= 15 is 0 Å². The van der Waals surface area contributed by atoms with E-state index in [9.17, 15) is 8.42 Å². The standard InChI is InChI=1S/C9H11N5O2S/c1-6-4-2-3-5-7(6)17(15,16)14-9-11-8(10)12-13-9/h2-5H,1H3,(H4,10,11,12,13,14). The zero-order valence-corrected chi connectivity index (χ0v) is 9.82. The lowest BCUT2D eigenvalue weighted by Crippen LogP contribution is -2.15. The number of nitrogens with two attached hydrogens (primary N) is 1. The average molecular weight is 253 g/mol. The Kier molecular flexibility index (Phi) is 2.72. The number of nitrogen functional groups attached to an aromatic ring is 1. The summed E-state index contributed by atoms with van der Waals surface area (Å²) in [7, 11) is -3.68. The zero-order chi connectivity index (χ0) is 12.5. The van der Waals surface area contributed by atoms with Crippen molar-refractivity contribution in [2.75, 3.05) is 10.5 Å². The lowest BCUT2D eigenvalue weighted by molar-refractivity contribution is 0.600. The van der Waals surface area contributed by atoms with Gasteiger partial charge in [-0.3, -0.25) is 0 Å². The Bertz CT molecular complexity index is 634. The normalized spacial score (nSPS) is 11.4. The van der Waals surface area contributed by atoms with Crippen molar-refractivity contribution in [3.05, 3.63) is 29.8 Å². The van der Waals surface area contributed by atoms with Crippen LogP contribution in [0.15, 0.2) is 29.2 Å². The second kappa shape index (κ2) is 4.06. The molecule has 4 N–H and O–H groups in total. The van der Waals surface area contributed by atoms with Crippen LogP contribution in [0.3, 0.4) is 0 Å². The summed E-state index contributed by atoms with van der Waals surface area (Å²) in [5, 5.41) is 5.95. The average Bonchev–Trinajstić information content (AvgIpc) is 2.63. The van der Waals surface area contributed by atoms with Crippen molar-refractivity contribution in [1.82, 2.24) is 15.2 Å². The van der Waals surface area contributed by atoms with E-state index in [0.717, 1.165) is 0 Å². The maximum Gasteiger partial charge on any atom is 0.264 e. The molecule has 8 heteroatoms. The van der Waals surface area contributed by atoms with E-state index in [2.05, 4.69) is 19.9 Å². The Morgan fingerprint density at radius 1 is 1.35 bits per heavy atom. The number of nitrogens with one attached hydrogen (secondary N) is 2. The minimum Gasteiger partial charge on any atom is -0.368 e. The minimum absolute atomic E-state index is 0.0486. The molecule has 1 heterocycles. The summed E-state index contributed by atoms with van der Waals surface area (Å²) in [4.78, 5) is 3.86. The first kappa shape index (κ1) is 11.4. The van der Waals surface area contributed by atoms with Gasteiger partial charge in [0.2, 0.25) is 5.95 Å². The topological polar surface area (TPSA) is 114 Å². The summed E-state index contributed by atoms with van der Waals surface area (Å²) in [6, 6.07) is 6.63. The van der Waals surface area contributed by atoms with Crippen molar-refractivity contribution in [3.63, 3.8) is 0 Å². The zero-order valence-electron chi connectivity index (χ0n) is 9.01. The Balaban J connectivity index is 2.35. The van der Waals surface area contributed by atoms with Gasteiger partial charge in [-0.2, -0.15) is 4.98 Å². The Morgan fingerprint density at radius 2 is 2.06 bits per heavy atom. The van der Waals surface area contributed by atoms with Crippen molar-refractivity contribution in [1.29, 1.82) is 0 Å². The number of sulfonamides is 1. The molecule has 1 aromatic heterocycles. The molecule has 0 spiro atoms. The molecule has 0 unspecified atom stereocenters. The van der Waals surface area contributed by atoms with E-state index in [1.807, 2.05) is 0 Å². The molecule has 0 amide bonds. The van der Waals surface area contributed by atoms with Crippen LogP contribution in [0.25, 0.3) is 0 Å². The van der Waals surface area contributed by atoms with Crippen LogP contribution in [0.1, 0.15) is 5.56 Å². The van der Waals surface area contributed by atoms with Crippen molar-refractivity contribution in [2.45, 2.75) is 11.8 Å². The molecular formula is C9H11N5O2S. The summed E-state index contributed by atoms with van der Waals surface area (Å²) >= 11 is 0. The van der Waals surface area contributed by atoms with Gasteiger partial charge in [0, 0.05) is 0 Å². The first-order chi connectivity index (χ1) is 7.99. The molecule has 2 aromatic rings. The lowest BCUT2D eigenvalue weighted by Gasteiger charge is -2.06. The predicted octanol–water partition coefficient (Wildman–Crippen LogP) is 0.496. The van der Waals surface area contributed by atoms with E-state index in [-0.39, 0.29) is 16.8 Å². The summed E-state index contributed by atoms with van der Waals surface area (Å²) in [5.41, 5.74) is 5.94. The SMILES string of the molecule is Cc1ccccc1S(=O)(=O)Nc1n[nH]c(N)n1. The van der Waals surface area contributed by atoms with Crippen LogP contribution in [-0.2, 0) is 10.0 Å².